The Morgan fingerprint density at radius 1 is 0.348 bits per heavy atom. The van der Waals surface area contributed by atoms with Gasteiger partial charge in [0.25, 0.3) is 0 Å². The van der Waals surface area contributed by atoms with Gasteiger partial charge in [0.2, 0.25) is 0 Å². The number of rotatable bonds is 4. The van der Waals surface area contributed by atoms with Gasteiger partial charge in [-0.25, -0.2) is 0 Å². The number of fused-ring (bicyclic) bond motifs is 2. The quantitative estimate of drug-likeness (QED) is 0.155. The van der Waals surface area contributed by atoms with Crippen LogP contribution >= 0.6 is 0 Å². The van der Waals surface area contributed by atoms with E-state index in [9.17, 15) is 0 Å². The largest absolute Gasteiger partial charge is 0.0760 e. The number of allylic oxidation sites excluding steroid dienone is 8. The molecule has 22 rings (SSSR count). The molecule has 0 heterocycles. The van der Waals surface area contributed by atoms with Gasteiger partial charge in [-0.15, -0.1) is 0 Å². The Hall–Kier alpha value is -6.50. The Kier molecular flexibility index (Phi) is 5.02. The fourth-order valence-electron chi connectivity index (χ4n) is 22.7. The molecule has 69 heavy (non-hydrogen) atoms. The van der Waals surface area contributed by atoms with E-state index in [0.29, 0.717) is 71.0 Å². The second-order valence-electron chi connectivity index (χ2n) is 25.0. The third-order valence-corrected chi connectivity index (χ3v) is 23.6. The van der Waals surface area contributed by atoms with E-state index in [1.165, 1.54) is 25.7 Å². The monoisotopic (exact) mass is 874 g/mol. The summed E-state index contributed by atoms with van der Waals surface area (Å²) in [5, 5.41) is 10.6. The standard InChI is InChI=1S/C69H46/c1-5-13-30(14-6-1)39-26-43(32-17-9-3-10-18-32)68-28-37-22-34-23-38-29-69-44(33-19-11-4-12-20-33)27-40(31-15-7-2-8-16-31)65(69)42-25-36-21-35-24-41(64(39)68)50-54-45(35)46(36)55-51(42)63-61-57-53(49(38)67(63)69)47(34)52-48(37)66(68)62(50)60(56(52)57)58(54)59(55)61/h1-20,22-25,34,39-44,47,50-51,64-65H,21,26-29H2. The minimum absolute atomic E-state index is 0.0584. The van der Waals surface area contributed by atoms with E-state index in [0.717, 1.165) is 6.42 Å². The molecule has 0 amide bonds. The van der Waals surface area contributed by atoms with Gasteiger partial charge in [-0.05, 0) is 223 Å². The van der Waals surface area contributed by atoms with E-state index in [1.54, 1.807) is 110 Å². The molecule has 0 radical (unpaired) electrons. The van der Waals surface area contributed by atoms with Gasteiger partial charge in [-0.2, -0.15) is 0 Å². The van der Waals surface area contributed by atoms with Crippen LogP contribution in [0.1, 0.15) is 163 Å². The molecule has 0 nitrogen and oxygen atoms in total. The van der Waals surface area contributed by atoms with Gasteiger partial charge in [-0.3, -0.25) is 0 Å². The molecular formula is C69H46. The Morgan fingerprint density at radius 3 is 1.14 bits per heavy atom. The maximum Gasteiger partial charge on any atom is 0.0212 e. The maximum absolute atomic E-state index is 3.01. The lowest BCUT2D eigenvalue weighted by molar-refractivity contribution is 0.192. The van der Waals surface area contributed by atoms with Gasteiger partial charge < -0.3 is 0 Å². The van der Waals surface area contributed by atoms with Crippen LogP contribution in [0.5, 0.6) is 0 Å². The summed E-state index contributed by atoms with van der Waals surface area (Å²) in [6.45, 7) is 0. The van der Waals surface area contributed by atoms with Gasteiger partial charge in [0.15, 0.2) is 0 Å². The van der Waals surface area contributed by atoms with Gasteiger partial charge in [0.1, 0.15) is 0 Å². The van der Waals surface area contributed by atoms with Crippen LogP contribution in [0, 0.1) is 29.6 Å². The fourth-order valence-corrected chi connectivity index (χ4v) is 22.7. The van der Waals surface area contributed by atoms with Crippen LogP contribution in [0.2, 0.25) is 0 Å². The summed E-state index contributed by atoms with van der Waals surface area (Å²) in [5.74, 6) is 5.80. The highest BCUT2D eigenvalue weighted by Crippen LogP contribution is 2.85. The zero-order valence-corrected chi connectivity index (χ0v) is 38.3. The molecule has 0 N–H and O–H groups in total. The predicted molar refractivity (Wildman–Crippen MR) is 277 cm³/mol. The summed E-state index contributed by atoms with van der Waals surface area (Å²) in [5.41, 5.74) is 35.0. The third-order valence-electron chi connectivity index (χ3n) is 23.6. The SMILES string of the molecule is C1=C2CC34c5c2c2c6c7c8c9c%10c%11c7c7c%12c%13c%14c%15c7c6c5C%15C(C=C%14CC%13=CC(C%11%12)C5C(c6ccccc6)CC(c6ccccc6)C%105CC9=CC1C28)C3C(c1ccccc1)CC4c1ccccc1. The smallest absolute Gasteiger partial charge is 0.0212 e. The molecule has 0 heteroatoms. The van der Waals surface area contributed by atoms with E-state index in [4.69, 9.17) is 0 Å². The lowest BCUT2D eigenvalue weighted by Crippen LogP contribution is -2.46. The van der Waals surface area contributed by atoms with Crippen LogP contribution in [0.3, 0.4) is 0 Å². The van der Waals surface area contributed by atoms with Crippen molar-refractivity contribution < 1.29 is 0 Å². The topological polar surface area (TPSA) is 0 Å². The lowest BCUT2D eigenvalue weighted by Gasteiger charge is -2.52. The molecular weight excluding hydrogens is 829 g/mol. The maximum atomic E-state index is 3.01. The molecule has 2 fully saturated rings. The molecule has 8 aromatic rings. The summed E-state index contributed by atoms with van der Waals surface area (Å²) >= 11 is 0. The van der Waals surface area contributed by atoms with Gasteiger partial charge in [0.05, 0.1) is 0 Å². The van der Waals surface area contributed by atoms with E-state index < -0.39 is 0 Å². The molecule has 12 atom stereocenters. The van der Waals surface area contributed by atoms with Crippen molar-refractivity contribution in [3.63, 3.8) is 0 Å². The summed E-state index contributed by atoms with van der Waals surface area (Å²) in [6.07, 6.45) is 17.9. The van der Waals surface area contributed by atoms with Crippen LogP contribution in [-0.4, -0.2) is 0 Å². The summed E-state index contributed by atoms with van der Waals surface area (Å²) in [6, 6.07) is 48.0. The lowest BCUT2D eigenvalue weighted by atomic mass is 9.51. The van der Waals surface area contributed by atoms with E-state index >= 15 is 0 Å². The van der Waals surface area contributed by atoms with E-state index in [-0.39, 0.29) is 10.8 Å². The fraction of sp³-hybridized carbons (Fsp3) is 0.275. The highest BCUT2D eigenvalue weighted by molar-refractivity contribution is 6.38. The van der Waals surface area contributed by atoms with Crippen LogP contribution in [0.4, 0.5) is 0 Å². The average Bonchev–Trinajstić information content (AvgIpc) is 4.29. The van der Waals surface area contributed by atoms with Crippen molar-refractivity contribution in [2.45, 2.75) is 84.4 Å². The first kappa shape index (κ1) is 33.9. The Balaban J connectivity index is 0.956. The molecule has 0 saturated heterocycles. The van der Waals surface area contributed by atoms with Crippen LogP contribution < -0.4 is 0 Å². The molecule has 8 aromatic carbocycles. The van der Waals surface area contributed by atoms with Crippen molar-refractivity contribution in [3.05, 3.63) is 235 Å². The minimum atomic E-state index is 0.0584. The number of hydrogen-bond acceptors (Lipinski definition) is 0. The van der Waals surface area contributed by atoms with Crippen LogP contribution in [-0.2, 0) is 10.8 Å². The molecule has 2 spiro atoms. The van der Waals surface area contributed by atoms with E-state index in [2.05, 4.69) is 146 Å². The second-order valence-corrected chi connectivity index (χ2v) is 25.0. The van der Waals surface area contributed by atoms with Crippen LogP contribution in [0.15, 0.2) is 146 Å². The Labute approximate surface area is 401 Å². The van der Waals surface area contributed by atoms with E-state index in [1.807, 2.05) is 33.4 Å². The summed E-state index contributed by atoms with van der Waals surface area (Å²) in [4.78, 5) is 0. The first-order chi connectivity index (χ1) is 34.2. The molecule has 12 unspecified atom stereocenters. The van der Waals surface area contributed by atoms with Gasteiger partial charge in [-0.1, -0.05) is 146 Å². The minimum Gasteiger partial charge on any atom is -0.0760 e. The van der Waals surface area contributed by atoms with Crippen molar-refractivity contribution in [1.82, 2.24) is 0 Å². The average molecular weight is 875 g/mol. The summed E-state index contributed by atoms with van der Waals surface area (Å²) < 4.78 is 0. The number of hydrogen-bond donors (Lipinski definition) is 0. The second kappa shape index (κ2) is 10.2. The van der Waals surface area contributed by atoms with Crippen molar-refractivity contribution in [2.24, 2.45) is 29.6 Å². The molecule has 0 aliphatic heterocycles. The number of benzene rings is 8. The summed E-state index contributed by atoms with van der Waals surface area (Å²) in [7, 11) is 0. The molecule has 2 saturated carbocycles. The van der Waals surface area contributed by atoms with Crippen molar-refractivity contribution in [3.8, 4) is 0 Å². The van der Waals surface area contributed by atoms with Crippen LogP contribution in [0.25, 0.3) is 54.6 Å². The normalized spacial score (nSPS) is 37.2. The van der Waals surface area contributed by atoms with Gasteiger partial charge in [0, 0.05) is 34.5 Å². The zero-order valence-electron chi connectivity index (χ0n) is 38.3. The molecule has 14 aliphatic carbocycles. The Morgan fingerprint density at radius 2 is 0.725 bits per heavy atom. The highest BCUT2D eigenvalue weighted by Gasteiger charge is 2.73. The molecule has 0 aromatic heterocycles. The third kappa shape index (κ3) is 3.04. The molecule has 14 aliphatic rings. The van der Waals surface area contributed by atoms with Gasteiger partial charge >= 0.3 is 0 Å². The molecule has 322 valence electrons. The zero-order chi connectivity index (χ0) is 43.4. The van der Waals surface area contributed by atoms with Crippen molar-refractivity contribution >= 4 is 54.6 Å². The predicted octanol–water partition coefficient (Wildman–Crippen LogP) is 15.8. The Bertz CT molecular complexity index is 3890. The first-order valence-electron chi connectivity index (χ1n) is 27.0. The first-order valence-corrected chi connectivity index (χ1v) is 27.0. The molecule has 0 bridgehead atoms. The van der Waals surface area contributed by atoms with Crippen molar-refractivity contribution in [2.75, 3.05) is 0 Å². The highest BCUT2D eigenvalue weighted by atomic mass is 14.8. The van der Waals surface area contributed by atoms with Crippen molar-refractivity contribution in [1.29, 1.82) is 0 Å².